The van der Waals surface area contributed by atoms with Crippen LogP contribution in [0.4, 0.5) is 0 Å². The van der Waals surface area contributed by atoms with Gasteiger partial charge >= 0.3 is 0 Å². The van der Waals surface area contributed by atoms with Crippen LogP contribution < -0.4 is 10.1 Å². The average Bonchev–Trinajstić information content (AvgIpc) is 2.23. The van der Waals surface area contributed by atoms with Crippen LogP contribution in [0.25, 0.3) is 0 Å². The minimum atomic E-state index is 0.153. The molecule has 2 nitrogen and oxygen atoms in total. The van der Waals surface area contributed by atoms with E-state index in [1.165, 1.54) is 5.56 Å². The van der Waals surface area contributed by atoms with Gasteiger partial charge in [0.15, 0.2) is 0 Å². The summed E-state index contributed by atoms with van der Waals surface area (Å²) in [6, 6.07) is 8.46. The fourth-order valence-electron chi connectivity index (χ4n) is 1.91. The van der Waals surface area contributed by atoms with Gasteiger partial charge in [0.25, 0.3) is 0 Å². The fraction of sp³-hybridized carbons (Fsp3) is 0.647. The highest BCUT2D eigenvalue weighted by Crippen LogP contribution is 2.22. The Bertz CT molecular complexity index is 368. The van der Waals surface area contributed by atoms with Gasteiger partial charge in [-0.05, 0) is 50.3 Å². The lowest BCUT2D eigenvalue weighted by Gasteiger charge is -2.20. The molecule has 0 fully saturated rings. The zero-order valence-corrected chi connectivity index (χ0v) is 13.3. The van der Waals surface area contributed by atoms with Crippen LogP contribution in [0.1, 0.15) is 47.1 Å². The standard InChI is InChI=1S/C17H29NO/c1-16(2,3)13-14-7-9-15(10-8-14)19-12-11-18-17(4,5)6/h7-10,18H,11-13H2,1-6H3. The summed E-state index contributed by atoms with van der Waals surface area (Å²) in [4.78, 5) is 0. The summed E-state index contributed by atoms with van der Waals surface area (Å²) in [5.74, 6) is 0.952. The van der Waals surface area contributed by atoms with Gasteiger partial charge in [0.2, 0.25) is 0 Å². The molecule has 1 rings (SSSR count). The van der Waals surface area contributed by atoms with E-state index < -0.39 is 0 Å². The largest absolute Gasteiger partial charge is 0.492 e. The van der Waals surface area contributed by atoms with Gasteiger partial charge in [0.1, 0.15) is 12.4 Å². The summed E-state index contributed by atoms with van der Waals surface area (Å²) in [6.45, 7) is 14.8. The lowest BCUT2D eigenvalue weighted by Crippen LogP contribution is -2.38. The van der Waals surface area contributed by atoms with Gasteiger partial charge in [0, 0.05) is 12.1 Å². The van der Waals surface area contributed by atoms with Gasteiger partial charge in [-0.2, -0.15) is 0 Å². The van der Waals surface area contributed by atoms with Crippen LogP contribution in [0.5, 0.6) is 5.75 Å². The third-order valence-electron chi connectivity index (χ3n) is 2.68. The zero-order valence-electron chi connectivity index (χ0n) is 13.3. The van der Waals surface area contributed by atoms with Gasteiger partial charge in [-0.25, -0.2) is 0 Å². The zero-order chi connectivity index (χ0) is 14.5. The van der Waals surface area contributed by atoms with Gasteiger partial charge in [-0.1, -0.05) is 32.9 Å². The van der Waals surface area contributed by atoms with E-state index in [0.717, 1.165) is 18.7 Å². The second-order valence-electron chi connectivity index (χ2n) is 7.41. The van der Waals surface area contributed by atoms with Crippen molar-refractivity contribution in [2.75, 3.05) is 13.2 Å². The van der Waals surface area contributed by atoms with E-state index in [2.05, 4.69) is 71.1 Å². The number of hydrogen-bond donors (Lipinski definition) is 1. The second-order valence-corrected chi connectivity index (χ2v) is 7.41. The van der Waals surface area contributed by atoms with Crippen molar-refractivity contribution in [3.8, 4) is 5.75 Å². The monoisotopic (exact) mass is 263 g/mol. The Morgan fingerprint density at radius 1 is 0.947 bits per heavy atom. The first-order valence-electron chi connectivity index (χ1n) is 7.12. The van der Waals surface area contributed by atoms with Crippen molar-refractivity contribution in [3.63, 3.8) is 0 Å². The third-order valence-corrected chi connectivity index (χ3v) is 2.68. The number of hydrogen-bond acceptors (Lipinski definition) is 2. The normalized spacial score (nSPS) is 12.5. The van der Waals surface area contributed by atoms with Crippen molar-refractivity contribution in [3.05, 3.63) is 29.8 Å². The first-order chi connectivity index (χ1) is 8.66. The Morgan fingerprint density at radius 2 is 1.53 bits per heavy atom. The lowest BCUT2D eigenvalue weighted by molar-refractivity contribution is 0.291. The van der Waals surface area contributed by atoms with Crippen molar-refractivity contribution in [1.82, 2.24) is 5.32 Å². The quantitative estimate of drug-likeness (QED) is 0.809. The summed E-state index contributed by atoms with van der Waals surface area (Å²) in [7, 11) is 0. The van der Waals surface area contributed by atoms with Crippen LogP contribution in [0.15, 0.2) is 24.3 Å². The summed E-state index contributed by atoms with van der Waals surface area (Å²) in [5, 5.41) is 3.41. The third kappa shape index (κ3) is 7.89. The van der Waals surface area contributed by atoms with Crippen molar-refractivity contribution in [2.24, 2.45) is 5.41 Å². The number of nitrogens with one attached hydrogen (secondary N) is 1. The van der Waals surface area contributed by atoms with Crippen LogP contribution in [-0.4, -0.2) is 18.7 Å². The molecule has 0 aromatic heterocycles. The van der Waals surface area contributed by atoms with Crippen molar-refractivity contribution in [2.45, 2.75) is 53.5 Å². The van der Waals surface area contributed by atoms with Gasteiger partial charge < -0.3 is 10.1 Å². The molecule has 0 saturated carbocycles. The molecule has 1 aromatic carbocycles. The molecule has 108 valence electrons. The molecule has 0 saturated heterocycles. The maximum Gasteiger partial charge on any atom is 0.119 e. The first kappa shape index (κ1) is 16.0. The number of benzene rings is 1. The van der Waals surface area contributed by atoms with E-state index in [9.17, 15) is 0 Å². The predicted octanol–water partition coefficient (Wildman–Crippen LogP) is 4.04. The van der Waals surface area contributed by atoms with E-state index in [1.54, 1.807) is 0 Å². The molecule has 1 N–H and O–H groups in total. The fourth-order valence-corrected chi connectivity index (χ4v) is 1.91. The Hall–Kier alpha value is -1.02. The van der Waals surface area contributed by atoms with Crippen molar-refractivity contribution >= 4 is 0 Å². The molecule has 19 heavy (non-hydrogen) atoms. The van der Waals surface area contributed by atoms with Crippen molar-refractivity contribution < 1.29 is 4.74 Å². The number of ether oxygens (including phenoxy) is 1. The van der Waals surface area contributed by atoms with Gasteiger partial charge in [-0.15, -0.1) is 0 Å². The van der Waals surface area contributed by atoms with E-state index >= 15 is 0 Å². The molecule has 0 heterocycles. The summed E-state index contributed by atoms with van der Waals surface area (Å²) >= 11 is 0. The minimum absolute atomic E-state index is 0.153. The maximum atomic E-state index is 5.72. The van der Waals surface area contributed by atoms with E-state index in [1.807, 2.05) is 0 Å². The summed E-state index contributed by atoms with van der Waals surface area (Å²) in [6.07, 6.45) is 1.10. The molecule has 0 spiro atoms. The summed E-state index contributed by atoms with van der Waals surface area (Å²) in [5.41, 5.74) is 1.85. The summed E-state index contributed by atoms with van der Waals surface area (Å²) < 4.78 is 5.72. The Kier molecular flexibility index (Phi) is 5.42. The average molecular weight is 263 g/mol. The van der Waals surface area contributed by atoms with Crippen LogP contribution in [0, 0.1) is 5.41 Å². The maximum absolute atomic E-state index is 5.72. The Morgan fingerprint density at radius 3 is 2.00 bits per heavy atom. The molecule has 2 heteroatoms. The molecule has 0 radical (unpaired) electrons. The first-order valence-corrected chi connectivity index (χ1v) is 7.12. The van der Waals surface area contributed by atoms with Crippen LogP contribution >= 0.6 is 0 Å². The predicted molar refractivity (Wildman–Crippen MR) is 82.9 cm³/mol. The van der Waals surface area contributed by atoms with Crippen LogP contribution in [-0.2, 0) is 6.42 Å². The van der Waals surface area contributed by atoms with Crippen LogP contribution in [0.2, 0.25) is 0 Å². The molecule has 1 aromatic rings. The van der Waals surface area contributed by atoms with E-state index in [-0.39, 0.29) is 5.54 Å². The molecular weight excluding hydrogens is 234 g/mol. The SMILES string of the molecule is CC(C)(C)Cc1ccc(OCCNC(C)(C)C)cc1. The molecule has 0 aliphatic heterocycles. The molecule has 0 amide bonds. The molecule has 0 atom stereocenters. The highest BCUT2D eigenvalue weighted by Gasteiger charge is 2.11. The van der Waals surface area contributed by atoms with Gasteiger partial charge in [-0.3, -0.25) is 0 Å². The van der Waals surface area contributed by atoms with Gasteiger partial charge in [0.05, 0.1) is 0 Å². The smallest absolute Gasteiger partial charge is 0.119 e. The molecular formula is C17H29NO. The Balaban J connectivity index is 2.36. The molecule has 0 bridgehead atoms. The van der Waals surface area contributed by atoms with E-state index in [4.69, 9.17) is 4.74 Å². The van der Waals surface area contributed by atoms with E-state index in [0.29, 0.717) is 12.0 Å². The Labute approximate surface area is 118 Å². The van der Waals surface area contributed by atoms with Crippen LogP contribution in [0.3, 0.4) is 0 Å². The molecule has 0 unspecified atom stereocenters. The topological polar surface area (TPSA) is 21.3 Å². The highest BCUT2D eigenvalue weighted by molar-refractivity contribution is 5.27. The molecule has 0 aliphatic rings. The lowest BCUT2D eigenvalue weighted by atomic mass is 9.88. The highest BCUT2D eigenvalue weighted by atomic mass is 16.5. The number of rotatable bonds is 5. The molecule has 0 aliphatic carbocycles. The second kappa shape index (κ2) is 6.42. The minimum Gasteiger partial charge on any atom is -0.492 e. The van der Waals surface area contributed by atoms with Crippen molar-refractivity contribution in [1.29, 1.82) is 0 Å².